The van der Waals surface area contributed by atoms with Crippen molar-refractivity contribution in [2.45, 2.75) is 23.7 Å². The lowest BCUT2D eigenvalue weighted by Gasteiger charge is -2.24. The van der Waals surface area contributed by atoms with Crippen LogP contribution in [0.2, 0.25) is 0 Å². The molecule has 0 spiro atoms. The lowest BCUT2D eigenvalue weighted by Crippen LogP contribution is -2.38. The van der Waals surface area contributed by atoms with E-state index in [9.17, 15) is 17.2 Å². The number of halogens is 3. The van der Waals surface area contributed by atoms with Gasteiger partial charge in [0.2, 0.25) is 10.0 Å². The number of likely N-dealkylation sites (N-methyl/N-ethyl adjacent to an activating group) is 1. The molecule has 4 nitrogen and oxygen atoms in total. The molecule has 0 heterocycles. The van der Waals surface area contributed by atoms with Crippen molar-refractivity contribution in [3.8, 4) is 0 Å². The van der Waals surface area contributed by atoms with Crippen LogP contribution in [0.4, 0.5) is 8.78 Å². The number of benzene rings is 1. The maximum Gasteiger partial charge on any atom is 0.246 e. The number of methoxy groups -OCH3 is 1. The molecule has 8 heteroatoms. The highest BCUT2D eigenvalue weighted by atomic mass is 35.5. The molecule has 0 saturated carbocycles. The molecule has 20 heavy (non-hydrogen) atoms. The summed E-state index contributed by atoms with van der Waals surface area (Å²) in [6, 6.07) is 1.29. The molecule has 0 aromatic heterocycles. The highest BCUT2D eigenvalue weighted by molar-refractivity contribution is 7.89. The summed E-state index contributed by atoms with van der Waals surface area (Å²) in [7, 11) is -1.35. The number of rotatable bonds is 6. The first kappa shape index (κ1) is 17.3. The lowest BCUT2D eigenvalue weighted by molar-refractivity contribution is 0.149. The number of hydrogen-bond acceptors (Lipinski definition) is 3. The summed E-state index contributed by atoms with van der Waals surface area (Å²) in [4.78, 5) is -0.597. The zero-order valence-electron chi connectivity index (χ0n) is 11.4. The van der Waals surface area contributed by atoms with Crippen molar-refractivity contribution in [3.05, 3.63) is 29.3 Å². The maximum atomic E-state index is 14.1. The second-order valence-electron chi connectivity index (χ2n) is 4.30. The molecule has 1 aromatic carbocycles. The average molecular weight is 328 g/mol. The van der Waals surface area contributed by atoms with Crippen LogP contribution in [0.1, 0.15) is 12.5 Å². The SMILES string of the molecule is COCC(C)N(C)S(=O)(=O)c1ccc(F)c(CCl)c1F. The Morgan fingerprint density at radius 1 is 1.40 bits per heavy atom. The lowest BCUT2D eigenvalue weighted by atomic mass is 10.2. The van der Waals surface area contributed by atoms with Crippen LogP contribution in [-0.2, 0) is 20.6 Å². The Labute approximate surface area is 122 Å². The van der Waals surface area contributed by atoms with Gasteiger partial charge in [0.25, 0.3) is 0 Å². The van der Waals surface area contributed by atoms with E-state index in [1.165, 1.54) is 14.2 Å². The number of sulfonamides is 1. The summed E-state index contributed by atoms with van der Waals surface area (Å²) in [6.45, 7) is 1.77. The molecule has 0 saturated heterocycles. The standard InChI is InChI=1S/C12H16ClF2NO3S/c1-8(7-19-3)16(2)20(17,18)11-5-4-10(14)9(6-13)12(11)15/h4-5,8H,6-7H2,1-3H3. The van der Waals surface area contributed by atoms with E-state index in [0.717, 1.165) is 16.4 Å². The van der Waals surface area contributed by atoms with Crippen molar-refractivity contribution in [2.24, 2.45) is 0 Å². The van der Waals surface area contributed by atoms with Crippen molar-refractivity contribution in [1.82, 2.24) is 4.31 Å². The number of nitrogens with zero attached hydrogens (tertiary/aromatic N) is 1. The Bertz CT molecular complexity index is 580. The third-order valence-electron chi connectivity index (χ3n) is 2.97. The quantitative estimate of drug-likeness (QED) is 0.754. The van der Waals surface area contributed by atoms with Crippen LogP contribution in [0.25, 0.3) is 0 Å². The predicted molar refractivity (Wildman–Crippen MR) is 72.2 cm³/mol. The first-order valence-corrected chi connectivity index (χ1v) is 7.74. The predicted octanol–water partition coefficient (Wildman–Crippen LogP) is 2.36. The van der Waals surface area contributed by atoms with Gasteiger partial charge in [0.1, 0.15) is 10.7 Å². The van der Waals surface area contributed by atoms with Gasteiger partial charge >= 0.3 is 0 Å². The number of alkyl halides is 1. The van der Waals surface area contributed by atoms with E-state index < -0.39 is 44.0 Å². The smallest absolute Gasteiger partial charge is 0.246 e. The van der Waals surface area contributed by atoms with Crippen molar-refractivity contribution >= 4 is 21.6 Å². The highest BCUT2D eigenvalue weighted by Gasteiger charge is 2.30. The second kappa shape index (κ2) is 6.80. The van der Waals surface area contributed by atoms with Crippen molar-refractivity contribution < 1.29 is 21.9 Å². The van der Waals surface area contributed by atoms with Crippen LogP contribution in [-0.4, -0.2) is 39.5 Å². The highest BCUT2D eigenvalue weighted by Crippen LogP contribution is 2.25. The van der Waals surface area contributed by atoms with Crippen molar-refractivity contribution in [3.63, 3.8) is 0 Å². The molecule has 1 aromatic rings. The topological polar surface area (TPSA) is 46.6 Å². The maximum absolute atomic E-state index is 14.1. The van der Waals surface area contributed by atoms with E-state index in [1.807, 2.05) is 0 Å². The Morgan fingerprint density at radius 3 is 2.50 bits per heavy atom. The van der Waals surface area contributed by atoms with Crippen LogP contribution < -0.4 is 0 Å². The zero-order valence-corrected chi connectivity index (χ0v) is 12.9. The fraction of sp³-hybridized carbons (Fsp3) is 0.500. The van der Waals surface area contributed by atoms with Gasteiger partial charge in [-0.15, -0.1) is 11.6 Å². The molecule has 0 fully saturated rings. The van der Waals surface area contributed by atoms with Gasteiger partial charge in [0.05, 0.1) is 12.5 Å². The summed E-state index contributed by atoms with van der Waals surface area (Å²) < 4.78 is 57.9. The largest absolute Gasteiger partial charge is 0.383 e. The van der Waals surface area contributed by atoms with Gasteiger partial charge in [0.15, 0.2) is 5.82 Å². The molecular weight excluding hydrogens is 312 g/mol. The minimum atomic E-state index is -4.09. The summed E-state index contributed by atoms with van der Waals surface area (Å²) in [5.41, 5.74) is -0.458. The molecule has 0 aliphatic heterocycles. The summed E-state index contributed by atoms with van der Waals surface area (Å²) in [6.07, 6.45) is 0. The monoisotopic (exact) mass is 327 g/mol. The Kier molecular flexibility index (Phi) is 5.88. The molecule has 0 amide bonds. The van der Waals surface area contributed by atoms with Crippen molar-refractivity contribution in [2.75, 3.05) is 20.8 Å². The summed E-state index contributed by atoms with van der Waals surface area (Å²) >= 11 is 5.44. The molecule has 1 atom stereocenters. The minimum Gasteiger partial charge on any atom is -0.383 e. The Morgan fingerprint density at radius 2 is 2.00 bits per heavy atom. The van der Waals surface area contributed by atoms with Crippen LogP contribution in [0.3, 0.4) is 0 Å². The van der Waals surface area contributed by atoms with Crippen molar-refractivity contribution in [1.29, 1.82) is 0 Å². The van der Waals surface area contributed by atoms with Gasteiger partial charge in [-0.05, 0) is 19.1 Å². The van der Waals surface area contributed by atoms with Crippen LogP contribution in [0.15, 0.2) is 17.0 Å². The van der Waals surface area contributed by atoms with Gasteiger partial charge in [-0.2, -0.15) is 4.31 Å². The fourth-order valence-electron chi connectivity index (χ4n) is 1.64. The van der Waals surface area contributed by atoms with E-state index in [4.69, 9.17) is 16.3 Å². The van der Waals surface area contributed by atoms with E-state index in [-0.39, 0.29) is 6.61 Å². The van der Waals surface area contributed by atoms with Crippen LogP contribution >= 0.6 is 11.6 Å². The normalized spacial score (nSPS) is 13.8. The van der Waals surface area contributed by atoms with Gasteiger partial charge in [-0.3, -0.25) is 0 Å². The fourth-order valence-corrected chi connectivity index (χ4v) is 3.32. The molecule has 0 aliphatic rings. The molecule has 1 unspecified atom stereocenters. The molecule has 114 valence electrons. The summed E-state index contributed by atoms with van der Waals surface area (Å²) in [5.74, 6) is -2.47. The first-order valence-electron chi connectivity index (χ1n) is 5.77. The van der Waals surface area contributed by atoms with Gasteiger partial charge in [-0.25, -0.2) is 17.2 Å². The molecule has 0 bridgehead atoms. The first-order chi connectivity index (χ1) is 9.27. The zero-order chi connectivity index (χ0) is 15.5. The molecule has 1 rings (SSSR count). The van der Waals surface area contributed by atoms with Crippen LogP contribution in [0, 0.1) is 11.6 Å². The average Bonchev–Trinajstić information content (AvgIpc) is 2.38. The van der Waals surface area contributed by atoms with Crippen LogP contribution in [0.5, 0.6) is 0 Å². The van der Waals surface area contributed by atoms with E-state index in [1.54, 1.807) is 6.92 Å². The molecular formula is C12H16ClF2NO3S. The van der Waals surface area contributed by atoms with Gasteiger partial charge in [-0.1, -0.05) is 0 Å². The number of ether oxygens (including phenoxy) is 1. The Balaban J connectivity index is 3.29. The molecule has 0 aliphatic carbocycles. The third kappa shape index (κ3) is 3.28. The van der Waals surface area contributed by atoms with E-state index >= 15 is 0 Å². The van der Waals surface area contributed by atoms with E-state index in [0.29, 0.717) is 0 Å². The van der Waals surface area contributed by atoms with Gasteiger partial charge < -0.3 is 4.74 Å². The molecule has 0 N–H and O–H groups in total. The van der Waals surface area contributed by atoms with E-state index in [2.05, 4.69) is 0 Å². The number of hydrogen-bond donors (Lipinski definition) is 0. The van der Waals surface area contributed by atoms with Gasteiger partial charge in [0, 0.05) is 25.8 Å². The second-order valence-corrected chi connectivity index (χ2v) is 6.53. The minimum absolute atomic E-state index is 0.154. The molecule has 0 radical (unpaired) electrons. The Hall–Kier alpha value is -0.760. The summed E-state index contributed by atoms with van der Waals surface area (Å²) in [5, 5.41) is 0. The third-order valence-corrected chi connectivity index (χ3v) is 5.23.